The van der Waals surface area contributed by atoms with Gasteiger partial charge in [0.1, 0.15) is 5.82 Å². The summed E-state index contributed by atoms with van der Waals surface area (Å²) in [4.78, 5) is 13.5. The third-order valence-electron chi connectivity index (χ3n) is 4.26. The second kappa shape index (κ2) is 6.32. The number of aromatic amines is 1. The summed E-state index contributed by atoms with van der Waals surface area (Å²) in [6.45, 7) is 4.68. The zero-order valence-corrected chi connectivity index (χ0v) is 14.1. The summed E-state index contributed by atoms with van der Waals surface area (Å²) in [6, 6.07) is 11.8. The lowest BCUT2D eigenvalue weighted by atomic mass is 10.2. The van der Waals surface area contributed by atoms with Crippen LogP contribution in [0.2, 0.25) is 0 Å². The van der Waals surface area contributed by atoms with E-state index in [0.717, 1.165) is 39.2 Å². The third kappa shape index (κ3) is 2.94. The van der Waals surface area contributed by atoms with Gasteiger partial charge in [0.2, 0.25) is 0 Å². The zero-order valence-electron chi connectivity index (χ0n) is 14.1. The number of hydrogen-bond acceptors (Lipinski definition) is 5. The number of rotatable bonds is 4. The molecule has 0 amide bonds. The van der Waals surface area contributed by atoms with Gasteiger partial charge in [0, 0.05) is 41.1 Å². The Kier molecular flexibility index (Phi) is 3.85. The maximum absolute atomic E-state index is 4.75. The molecule has 1 aromatic carbocycles. The normalized spacial score (nSPS) is 11.0. The van der Waals surface area contributed by atoms with Crippen molar-refractivity contribution in [2.45, 2.75) is 20.4 Å². The highest BCUT2D eigenvalue weighted by Gasteiger charge is 2.11. The van der Waals surface area contributed by atoms with Crippen LogP contribution >= 0.6 is 0 Å². The molecule has 0 saturated carbocycles. The van der Waals surface area contributed by atoms with Gasteiger partial charge in [0.25, 0.3) is 0 Å². The first-order valence-electron chi connectivity index (χ1n) is 8.14. The Balaban J connectivity index is 1.76. The number of hydrogen-bond donors (Lipinski definition) is 2. The SMILES string of the molecule is Cc1n[nH]c(C)c1CNc1nc(-c2ccncc2)nc2ccccc12. The number of pyridine rings is 1. The van der Waals surface area contributed by atoms with Crippen molar-refractivity contribution in [3.63, 3.8) is 0 Å². The Labute approximate surface area is 145 Å². The highest BCUT2D eigenvalue weighted by atomic mass is 15.1. The number of fused-ring (bicyclic) bond motifs is 1. The first kappa shape index (κ1) is 15.3. The number of benzene rings is 1. The van der Waals surface area contributed by atoms with Crippen LogP contribution in [0, 0.1) is 13.8 Å². The van der Waals surface area contributed by atoms with E-state index in [9.17, 15) is 0 Å². The van der Waals surface area contributed by atoms with Crippen LogP contribution in [0.4, 0.5) is 5.82 Å². The molecule has 0 unspecified atom stereocenters. The Morgan fingerprint density at radius 2 is 1.80 bits per heavy atom. The summed E-state index contributed by atoms with van der Waals surface area (Å²) < 4.78 is 0. The molecule has 3 heterocycles. The quantitative estimate of drug-likeness (QED) is 0.597. The van der Waals surface area contributed by atoms with Crippen LogP contribution in [-0.4, -0.2) is 25.1 Å². The summed E-state index contributed by atoms with van der Waals surface area (Å²) >= 11 is 0. The number of aromatic nitrogens is 5. The first-order valence-corrected chi connectivity index (χ1v) is 8.14. The van der Waals surface area contributed by atoms with Crippen molar-refractivity contribution < 1.29 is 0 Å². The van der Waals surface area contributed by atoms with E-state index in [1.165, 1.54) is 0 Å². The molecule has 0 saturated heterocycles. The molecule has 0 atom stereocenters. The highest BCUT2D eigenvalue weighted by Crippen LogP contribution is 2.25. The topological polar surface area (TPSA) is 79.4 Å². The maximum Gasteiger partial charge on any atom is 0.162 e. The summed E-state index contributed by atoms with van der Waals surface area (Å²) in [7, 11) is 0. The van der Waals surface area contributed by atoms with Gasteiger partial charge in [-0.3, -0.25) is 10.1 Å². The standard InChI is InChI=1S/C19H18N6/c1-12-16(13(2)25-24-12)11-21-19-15-5-3-4-6-17(15)22-18(23-19)14-7-9-20-10-8-14/h3-10H,11H2,1-2H3,(H,24,25)(H,21,22,23). The number of anilines is 1. The summed E-state index contributed by atoms with van der Waals surface area (Å²) in [5.41, 5.74) is 5.08. The van der Waals surface area contributed by atoms with Crippen molar-refractivity contribution in [1.82, 2.24) is 25.1 Å². The van der Waals surface area contributed by atoms with Gasteiger partial charge in [-0.25, -0.2) is 9.97 Å². The van der Waals surface area contributed by atoms with Gasteiger partial charge in [-0.2, -0.15) is 5.10 Å². The van der Waals surface area contributed by atoms with Crippen molar-refractivity contribution in [2.24, 2.45) is 0 Å². The number of nitrogens with zero attached hydrogens (tertiary/aromatic N) is 4. The average Bonchev–Trinajstić information content (AvgIpc) is 2.98. The molecule has 2 N–H and O–H groups in total. The van der Waals surface area contributed by atoms with Gasteiger partial charge in [0.05, 0.1) is 11.2 Å². The summed E-state index contributed by atoms with van der Waals surface area (Å²) in [6.07, 6.45) is 3.50. The molecule has 0 fully saturated rings. The van der Waals surface area contributed by atoms with Crippen LogP contribution < -0.4 is 5.32 Å². The Morgan fingerprint density at radius 1 is 1.00 bits per heavy atom. The largest absolute Gasteiger partial charge is 0.365 e. The molecule has 0 bridgehead atoms. The van der Waals surface area contributed by atoms with Crippen LogP contribution in [0.1, 0.15) is 17.0 Å². The molecule has 0 aliphatic carbocycles. The van der Waals surface area contributed by atoms with Crippen LogP contribution in [0.5, 0.6) is 0 Å². The predicted molar refractivity (Wildman–Crippen MR) is 98.2 cm³/mol. The monoisotopic (exact) mass is 330 g/mol. The minimum atomic E-state index is 0.658. The van der Waals surface area contributed by atoms with Crippen LogP contribution in [0.3, 0.4) is 0 Å². The molecule has 6 nitrogen and oxygen atoms in total. The van der Waals surface area contributed by atoms with Crippen molar-refractivity contribution >= 4 is 16.7 Å². The lowest BCUT2D eigenvalue weighted by molar-refractivity contribution is 1.02. The van der Waals surface area contributed by atoms with E-state index in [2.05, 4.69) is 25.5 Å². The molecule has 4 rings (SSSR count). The van der Waals surface area contributed by atoms with Gasteiger partial charge in [-0.05, 0) is 38.1 Å². The Morgan fingerprint density at radius 3 is 2.56 bits per heavy atom. The molecule has 25 heavy (non-hydrogen) atoms. The molecular weight excluding hydrogens is 312 g/mol. The first-order chi connectivity index (χ1) is 12.2. The van der Waals surface area contributed by atoms with Crippen molar-refractivity contribution in [2.75, 3.05) is 5.32 Å². The van der Waals surface area contributed by atoms with Gasteiger partial charge in [-0.1, -0.05) is 12.1 Å². The summed E-state index contributed by atoms with van der Waals surface area (Å²) in [5.74, 6) is 1.50. The molecule has 3 aromatic heterocycles. The van der Waals surface area contributed by atoms with Crippen LogP contribution in [0.25, 0.3) is 22.3 Å². The Bertz CT molecular complexity index is 1000. The average molecular weight is 330 g/mol. The van der Waals surface area contributed by atoms with E-state index in [1.54, 1.807) is 12.4 Å². The zero-order chi connectivity index (χ0) is 17.2. The lowest BCUT2D eigenvalue weighted by Gasteiger charge is -2.11. The minimum absolute atomic E-state index is 0.658. The fourth-order valence-corrected chi connectivity index (χ4v) is 2.85. The molecule has 0 spiro atoms. The van der Waals surface area contributed by atoms with E-state index in [1.807, 2.05) is 50.2 Å². The van der Waals surface area contributed by atoms with Crippen LogP contribution in [0.15, 0.2) is 48.8 Å². The molecule has 6 heteroatoms. The van der Waals surface area contributed by atoms with Gasteiger partial charge in [-0.15, -0.1) is 0 Å². The van der Waals surface area contributed by atoms with Crippen molar-refractivity contribution in [3.05, 3.63) is 65.7 Å². The highest BCUT2D eigenvalue weighted by molar-refractivity contribution is 5.90. The van der Waals surface area contributed by atoms with E-state index >= 15 is 0 Å². The van der Waals surface area contributed by atoms with E-state index < -0.39 is 0 Å². The van der Waals surface area contributed by atoms with E-state index in [0.29, 0.717) is 12.4 Å². The van der Waals surface area contributed by atoms with Crippen molar-refractivity contribution in [1.29, 1.82) is 0 Å². The molecule has 0 aliphatic rings. The molecule has 0 aliphatic heterocycles. The van der Waals surface area contributed by atoms with Gasteiger partial charge < -0.3 is 5.32 Å². The Hall–Kier alpha value is -3.28. The van der Waals surface area contributed by atoms with Gasteiger partial charge >= 0.3 is 0 Å². The molecule has 4 aromatic rings. The van der Waals surface area contributed by atoms with Crippen molar-refractivity contribution in [3.8, 4) is 11.4 Å². The van der Waals surface area contributed by atoms with Gasteiger partial charge in [0.15, 0.2) is 5.82 Å². The number of H-pyrrole nitrogens is 1. The molecular formula is C19H18N6. The van der Waals surface area contributed by atoms with E-state index in [-0.39, 0.29) is 0 Å². The third-order valence-corrected chi connectivity index (χ3v) is 4.26. The van der Waals surface area contributed by atoms with Crippen LogP contribution in [-0.2, 0) is 6.54 Å². The second-order valence-electron chi connectivity index (χ2n) is 5.91. The second-order valence-corrected chi connectivity index (χ2v) is 5.91. The number of aryl methyl sites for hydroxylation is 2. The smallest absolute Gasteiger partial charge is 0.162 e. The molecule has 0 radical (unpaired) electrons. The fourth-order valence-electron chi connectivity index (χ4n) is 2.85. The lowest BCUT2D eigenvalue weighted by Crippen LogP contribution is -2.05. The molecule has 124 valence electrons. The number of nitrogens with one attached hydrogen (secondary N) is 2. The van der Waals surface area contributed by atoms with E-state index in [4.69, 9.17) is 4.98 Å². The predicted octanol–water partition coefficient (Wildman–Crippen LogP) is 3.64. The summed E-state index contributed by atoms with van der Waals surface area (Å²) in [5, 5.41) is 11.7. The maximum atomic E-state index is 4.75. The number of para-hydroxylation sites is 1. The fraction of sp³-hybridized carbons (Fsp3) is 0.158. The minimum Gasteiger partial charge on any atom is -0.365 e.